The van der Waals surface area contributed by atoms with E-state index in [0.717, 1.165) is 10.4 Å². The van der Waals surface area contributed by atoms with Crippen molar-refractivity contribution in [1.29, 1.82) is 0 Å². The number of benzene rings is 1. The van der Waals surface area contributed by atoms with Crippen LogP contribution >= 0.6 is 22.9 Å². The highest BCUT2D eigenvalue weighted by molar-refractivity contribution is 7.15. The molecule has 0 unspecified atom stereocenters. The van der Waals surface area contributed by atoms with Crippen LogP contribution < -0.4 is 10.1 Å². The first-order valence-corrected chi connectivity index (χ1v) is 8.70. The van der Waals surface area contributed by atoms with E-state index < -0.39 is 6.36 Å². The van der Waals surface area contributed by atoms with Gasteiger partial charge in [-0.1, -0.05) is 23.7 Å². The van der Waals surface area contributed by atoms with Crippen molar-refractivity contribution < 1.29 is 22.7 Å². The molecule has 0 bridgehead atoms. The number of pyridine rings is 1. The predicted octanol–water partition coefficient (Wildman–Crippen LogP) is 4.93. The Morgan fingerprint density at radius 2 is 1.85 bits per heavy atom. The number of amides is 1. The molecule has 3 aromatic rings. The van der Waals surface area contributed by atoms with E-state index in [1.165, 1.54) is 35.7 Å². The summed E-state index contributed by atoms with van der Waals surface area (Å²) in [4.78, 5) is 20.9. The summed E-state index contributed by atoms with van der Waals surface area (Å²) in [5, 5.41) is 3.35. The van der Waals surface area contributed by atoms with Gasteiger partial charge in [-0.15, -0.1) is 24.5 Å². The highest BCUT2D eigenvalue weighted by atomic mass is 35.5. The zero-order valence-corrected chi connectivity index (χ0v) is 15.0. The normalized spacial score (nSPS) is 11.3. The first-order chi connectivity index (χ1) is 12.8. The van der Waals surface area contributed by atoms with E-state index in [0.29, 0.717) is 17.1 Å². The number of thiazole rings is 1. The van der Waals surface area contributed by atoms with Gasteiger partial charge in [-0.05, 0) is 29.8 Å². The van der Waals surface area contributed by atoms with Crippen LogP contribution in [0.3, 0.4) is 0 Å². The number of carbonyl (C=O) groups excluding carboxylic acids is 1. The zero-order chi connectivity index (χ0) is 19.4. The minimum Gasteiger partial charge on any atom is -0.406 e. The quantitative estimate of drug-likeness (QED) is 0.602. The van der Waals surface area contributed by atoms with Gasteiger partial charge in [0, 0.05) is 23.7 Å². The lowest BCUT2D eigenvalue weighted by molar-refractivity contribution is -0.274. The van der Waals surface area contributed by atoms with Crippen LogP contribution in [0, 0.1) is 0 Å². The van der Waals surface area contributed by atoms with Gasteiger partial charge in [-0.2, -0.15) is 0 Å². The number of alkyl halides is 3. The van der Waals surface area contributed by atoms with Crippen molar-refractivity contribution in [3.8, 4) is 5.75 Å². The van der Waals surface area contributed by atoms with Crippen LogP contribution in [0.5, 0.6) is 5.75 Å². The maximum absolute atomic E-state index is 12.2. The highest BCUT2D eigenvalue weighted by Crippen LogP contribution is 2.25. The topological polar surface area (TPSA) is 64.1 Å². The largest absolute Gasteiger partial charge is 0.573 e. The van der Waals surface area contributed by atoms with Crippen molar-refractivity contribution in [3.05, 3.63) is 69.9 Å². The summed E-state index contributed by atoms with van der Waals surface area (Å²) in [7, 11) is 0. The summed E-state index contributed by atoms with van der Waals surface area (Å²) in [6.07, 6.45) is -1.30. The molecule has 1 N–H and O–H groups in total. The number of aromatic nitrogens is 2. The molecule has 0 saturated heterocycles. The Bertz CT molecular complexity index is 928. The third-order valence-corrected chi connectivity index (χ3v) is 4.44. The lowest BCUT2D eigenvalue weighted by Gasteiger charge is -2.08. The molecule has 0 fully saturated rings. The monoisotopic (exact) mass is 413 g/mol. The standard InChI is InChI=1S/C17H11ClF3N3O2S/c18-14-6-3-11(8-22-14)15(25)24-16-23-9-13(27-16)7-10-1-4-12(5-2-10)26-17(19,20)21/h1-6,8-9H,7H2,(H,23,24,25). The summed E-state index contributed by atoms with van der Waals surface area (Å²) in [6, 6.07) is 8.64. The maximum atomic E-state index is 12.2. The van der Waals surface area contributed by atoms with E-state index in [4.69, 9.17) is 11.6 Å². The van der Waals surface area contributed by atoms with Gasteiger partial charge in [0.1, 0.15) is 10.9 Å². The van der Waals surface area contributed by atoms with Crippen molar-refractivity contribution in [2.24, 2.45) is 0 Å². The molecule has 3 rings (SSSR count). The molecule has 1 aromatic carbocycles. The van der Waals surface area contributed by atoms with E-state index in [9.17, 15) is 18.0 Å². The lowest BCUT2D eigenvalue weighted by atomic mass is 10.1. The first kappa shape index (κ1) is 19.1. The fourth-order valence-electron chi connectivity index (χ4n) is 2.14. The molecule has 27 heavy (non-hydrogen) atoms. The molecule has 0 aliphatic heterocycles. The number of hydrogen-bond donors (Lipinski definition) is 1. The molecule has 140 valence electrons. The Morgan fingerprint density at radius 3 is 2.48 bits per heavy atom. The summed E-state index contributed by atoms with van der Waals surface area (Å²) in [6.45, 7) is 0. The van der Waals surface area contributed by atoms with E-state index in [-0.39, 0.29) is 16.8 Å². The van der Waals surface area contributed by atoms with Crippen LogP contribution in [0.1, 0.15) is 20.8 Å². The van der Waals surface area contributed by atoms with Crippen LogP contribution in [0.2, 0.25) is 5.15 Å². The Morgan fingerprint density at radius 1 is 1.11 bits per heavy atom. The van der Waals surface area contributed by atoms with Crippen LogP contribution in [-0.4, -0.2) is 22.2 Å². The third-order valence-electron chi connectivity index (χ3n) is 3.30. The third kappa shape index (κ3) is 5.66. The van der Waals surface area contributed by atoms with Crippen molar-refractivity contribution in [2.45, 2.75) is 12.8 Å². The van der Waals surface area contributed by atoms with E-state index >= 15 is 0 Å². The number of rotatable bonds is 5. The number of hydrogen-bond acceptors (Lipinski definition) is 5. The second-order valence-corrected chi connectivity index (χ2v) is 6.83. The van der Waals surface area contributed by atoms with Gasteiger partial charge in [-0.3, -0.25) is 10.1 Å². The van der Waals surface area contributed by atoms with Gasteiger partial charge < -0.3 is 4.74 Å². The molecular formula is C17H11ClF3N3O2S. The smallest absolute Gasteiger partial charge is 0.406 e. The van der Waals surface area contributed by atoms with E-state index in [1.807, 2.05) is 0 Å². The summed E-state index contributed by atoms with van der Waals surface area (Å²) in [5.41, 5.74) is 1.13. The van der Waals surface area contributed by atoms with Crippen LogP contribution in [0.15, 0.2) is 48.8 Å². The molecule has 2 aromatic heterocycles. The number of carbonyl (C=O) groups is 1. The fourth-order valence-corrected chi connectivity index (χ4v) is 3.09. The molecule has 5 nitrogen and oxygen atoms in total. The predicted molar refractivity (Wildman–Crippen MR) is 95.2 cm³/mol. The van der Waals surface area contributed by atoms with Crippen LogP contribution in [0.25, 0.3) is 0 Å². The Hall–Kier alpha value is -2.65. The minimum atomic E-state index is -4.72. The van der Waals surface area contributed by atoms with Gasteiger partial charge in [-0.25, -0.2) is 9.97 Å². The van der Waals surface area contributed by atoms with E-state index in [2.05, 4.69) is 20.0 Å². The van der Waals surface area contributed by atoms with Crippen molar-refractivity contribution in [1.82, 2.24) is 9.97 Å². The average Bonchev–Trinajstić information content (AvgIpc) is 3.03. The lowest BCUT2D eigenvalue weighted by Crippen LogP contribution is -2.17. The summed E-state index contributed by atoms with van der Waals surface area (Å²) in [5.74, 6) is -0.645. The van der Waals surface area contributed by atoms with E-state index in [1.54, 1.807) is 24.4 Å². The van der Waals surface area contributed by atoms with Crippen LogP contribution in [-0.2, 0) is 6.42 Å². The fraction of sp³-hybridized carbons (Fsp3) is 0.118. The molecule has 0 atom stereocenters. The Balaban J connectivity index is 1.60. The minimum absolute atomic E-state index is 0.278. The number of ether oxygens (including phenoxy) is 1. The number of anilines is 1. The molecule has 0 aliphatic rings. The molecular weight excluding hydrogens is 403 g/mol. The first-order valence-electron chi connectivity index (χ1n) is 7.51. The SMILES string of the molecule is O=C(Nc1ncc(Cc2ccc(OC(F)(F)F)cc2)s1)c1ccc(Cl)nc1. The molecule has 0 spiro atoms. The highest BCUT2D eigenvalue weighted by Gasteiger charge is 2.30. The number of nitrogens with one attached hydrogen (secondary N) is 1. The van der Waals surface area contributed by atoms with Gasteiger partial charge in [0.05, 0.1) is 5.56 Å². The molecule has 0 aliphatic carbocycles. The summed E-state index contributed by atoms with van der Waals surface area (Å²) >= 11 is 6.95. The molecule has 1 amide bonds. The number of halogens is 4. The van der Waals surface area contributed by atoms with Crippen molar-refractivity contribution in [3.63, 3.8) is 0 Å². The van der Waals surface area contributed by atoms with Crippen molar-refractivity contribution in [2.75, 3.05) is 5.32 Å². The Labute approximate surface area is 160 Å². The summed E-state index contributed by atoms with van der Waals surface area (Å²) < 4.78 is 40.3. The molecule has 10 heteroatoms. The van der Waals surface area contributed by atoms with Crippen LogP contribution in [0.4, 0.5) is 18.3 Å². The molecule has 0 radical (unpaired) electrons. The second kappa shape index (κ2) is 7.93. The van der Waals surface area contributed by atoms with Gasteiger partial charge in [0.25, 0.3) is 5.91 Å². The molecule has 0 saturated carbocycles. The maximum Gasteiger partial charge on any atom is 0.573 e. The Kier molecular flexibility index (Phi) is 5.62. The number of nitrogens with zero attached hydrogens (tertiary/aromatic N) is 2. The van der Waals surface area contributed by atoms with Crippen molar-refractivity contribution >= 4 is 34.0 Å². The van der Waals surface area contributed by atoms with Gasteiger partial charge >= 0.3 is 6.36 Å². The van der Waals surface area contributed by atoms with Gasteiger partial charge in [0.2, 0.25) is 0 Å². The molecule has 2 heterocycles. The zero-order valence-electron chi connectivity index (χ0n) is 13.5. The second-order valence-electron chi connectivity index (χ2n) is 5.32. The van der Waals surface area contributed by atoms with Gasteiger partial charge in [0.15, 0.2) is 5.13 Å². The average molecular weight is 414 g/mol.